The first-order chi connectivity index (χ1) is 14.9. The maximum atomic E-state index is 12.9. The number of rotatable bonds is 4. The van der Waals surface area contributed by atoms with Crippen LogP contribution in [0.25, 0.3) is 0 Å². The number of carbonyl (C=O) groups is 2. The molecule has 0 bridgehead atoms. The molecule has 0 aliphatic carbocycles. The van der Waals surface area contributed by atoms with Crippen LogP contribution in [0, 0.1) is 6.92 Å². The van der Waals surface area contributed by atoms with Gasteiger partial charge in [0.1, 0.15) is 0 Å². The van der Waals surface area contributed by atoms with Crippen molar-refractivity contribution in [2.24, 2.45) is 0 Å². The van der Waals surface area contributed by atoms with Crippen LogP contribution < -0.4 is 10.7 Å². The van der Waals surface area contributed by atoms with Crippen molar-refractivity contribution in [1.82, 2.24) is 10.7 Å². The summed E-state index contributed by atoms with van der Waals surface area (Å²) in [4.78, 5) is 25.7. The lowest BCUT2D eigenvalue weighted by molar-refractivity contribution is -0.596. The Balaban J connectivity index is 1.71. The largest absolute Gasteiger partial charge is 0.334 e. The van der Waals surface area contributed by atoms with Gasteiger partial charge < -0.3 is 5.32 Å². The first-order valence-corrected chi connectivity index (χ1v) is 10.5. The van der Waals surface area contributed by atoms with Gasteiger partial charge in [-0.15, -0.1) is 10.1 Å². The van der Waals surface area contributed by atoms with Gasteiger partial charge in [-0.2, -0.15) is 0 Å². The number of nitrogens with one attached hydrogen (secondary N) is 2. The maximum absolute atomic E-state index is 12.9. The molecule has 0 unspecified atom stereocenters. The molecule has 1 aliphatic rings. The average Bonchev–Trinajstić information content (AvgIpc) is 3.05. The highest BCUT2D eigenvalue weighted by Crippen LogP contribution is 2.26. The number of hydrogen-bond donors (Lipinski definition) is 2. The first kappa shape index (κ1) is 21.1. The second-order valence-electron chi connectivity index (χ2n) is 7.35. The molecule has 1 aliphatic heterocycles. The van der Waals surface area contributed by atoms with Crippen molar-refractivity contribution < 1.29 is 14.3 Å². The molecule has 156 valence electrons. The van der Waals surface area contributed by atoms with Crippen LogP contribution in [0.15, 0.2) is 72.8 Å². The monoisotopic (exact) mass is 452 g/mol. The zero-order valence-electron chi connectivity index (χ0n) is 16.7. The zero-order valence-corrected chi connectivity index (χ0v) is 18.2. The molecule has 5 nitrogen and oxygen atoms in total. The Hall–Kier alpha value is -3.15. The summed E-state index contributed by atoms with van der Waals surface area (Å²) in [7, 11) is 0. The Morgan fingerprint density at radius 2 is 1.68 bits per heavy atom. The third kappa shape index (κ3) is 4.63. The number of amides is 2. The van der Waals surface area contributed by atoms with Gasteiger partial charge in [0.05, 0.1) is 10.6 Å². The molecular weight excluding hydrogens is 433 g/mol. The predicted molar refractivity (Wildman–Crippen MR) is 122 cm³/mol. The number of halogens is 2. The van der Waals surface area contributed by atoms with E-state index in [1.165, 1.54) is 0 Å². The molecular formula is C24H20Cl2N3O2+. The standard InChI is InChI=1S/C24H19Cl2N3O2/c1-15-6-8-16(9-7-15)22-21(27-23(30)17-10-12-19(25)13-11-17)24(31)28-29(22)14-18-4-2-3-5-20(18)26/h2-14,21-22H,1H3,(H-,27,28,30,31)/p+1/b29-14-/t21-,22-/m1/s1. The van der Waals surface area contributed by atoms with Crippen molar-refractivity contribution in [2.75, 3.05) is 0 Å². The minimum Gasteiger partial charge on any atom is -0.334 e. The Kier molecular flexibility index (Phi) is 6.07. The number of hydrazine groups is 1. The number of hydrogen-bond acceptors (Lipinski definition) is 2. The summed E-state index contributed by atoms with van der Waals surface area (Å²) in [5.74, 6) is -0.662. The Morgan fingerprint density at radius 1 is 1.00 bits per heavy atom. The number of hydrazone groups is 1. The molecule has 0 spiro atoms. The molecule has 3 aromatic carbocycles. The summed E-state index contributed by atoms with van der Waals surface area (Å²) in [5.41, 5.74) is 6.02. The van der Waals surface area contributed by atoms with Crippen molar-refractivity contribution in [3.05, 3.63) is 105 Å². The van der Waals surface area contributed by atoms with Gasteiger partial charge >= 0.3 is 5.91 Å². The fourth-order valence-corrected chi connectivity index (χ4v) is 3.81. The minimum absolute atomic E-state index is 0.309. The molecule has 1 saturated heterocycles. The second-order valence-corrected chi connectivity index (χ2v) is 8.19. The number of carbonyl (C=O) groups excluding carboxylic acids is 2. The van der Waals surface area contributed by atoms with Crippen LogP contribution in [0.2, 0.25) is 10.0 Å². The molecule has 1 fully saturated rings. The maximum Gasteiger partial charge on any atom is 0.304 e. The molecule has 1 heterocycles. The van der Waals surface area contributed by atoms with Crippen molar-refractivity contribution in [3.63, 3.8) is 0 Å². The van der Waals surface area contributed by atoms with Crippen LogP contribution in [0.1, 0.15) is 33.1 Å². The zero-order chi connectivity index (χ0) is 22.0. The number of nitrogens with zero attached hydrogens (tertiary/aromatic N) is 1. The minimum atomic E-state index is -0.801. The van der Waals surface area contributed by atoms with Crippen LogP contribution in [0.4, 0.5) is 0 Å². The van der Waals surface area contributed by atoms with Gasteiger partial charge in [-0.25, -0.2) is 0 Å². The SMILES string of the molecule is Cc1ccc([C@@H]2[C@@H](NC(=O)c3ccc(Cl)cc3)C(=O)N/[N+]2=C\c2ccccc2Cl)cc1. The highest BCUT2D eigenvalue weighted by Gasteiger charge is 2.47. The normalized spacial score (nSPS) is 19.3. The molecule has 3 aromatic rings. The summed E-state index contributed by atoms with van der Waals surface area (Å²) in [6.45, 7) is 2.00. The lowest BCUT2D eigenvalue weighted by Gasteiger charge is -2.15. The predicted octanol–water partition coefficient (Wildman–Crippen LogP) is 4.32. The summed E-state index contributed by atoms with van der Waals surface area (Å²) in [5, 5.41) is 3.97. The van der Waals surface area contributed by atoms with E-state index in [0.717, 1.165) is 16.7 Å². The van der Waals surface area contributed by atoms with E-state index in [1.54, 1.807) is 41.2 Å². The van der Waals surface area contributed by atoms with Crippen molar-refractivity contribution >= 4 is 41.2 Å². The van der Waals surface area contributed by atoms with Gasteiger partial charge in [-0.05, 0) is 43.3 Å². The van der Waals surface area contributed by atoms with Crippen LogP contribution >= 0.6 is 23.2 Å². The third-order valence-electron chi connectivity index (χ3n) is 5.13. The smallest absolute Gasteiger partial charge is 0.304 e. The highest BCUT2D eigenvalue weighted by molar-refractivity contribution is 6.33. The quantitative estimate of drug-likeness (QED) is 0.579. The lowest BCUT2D eigenvalue weighted by Crippen LogP contribution is -2.42. The van der Waals surface area contributed by atoms with E-state index in [2.05, 4.69) is 10.7 Å². The summed E-state index contributed by atoms with van der Waals surface area (Å²) in [6, 6.07) is 20.5. The van der Waals surface area contributed by atoms with Gasteiger partial charge in [0, 0.05) is 16.1 Å². The Bertz CT molecular complexity index is 1160. The fraction of sp³-hybridized carbons (Fsp3) is 0.125. The molecule has 4 rings (SSSR count). The van der Waals surface area contributed by atoms with Crippen LogP contribution in [0.5, 0.6) is 0 Å². The third-order valence-corrected chi connectivity index (χ3v) is 5.73. The summed E-state index contributed by atoms with van der Waals surface area (Å²) >= 11 is 12.2. The van der Waals surface area contributed by atoms with Crippen LogP contribution in [0.3, 0.4) is 0 Å². The lowest BCUT2D eigenvalue weighted by atomic mass is 9.98. The van der Waals surface area contributed by atoms with E-state index in [-0.39, 0.29) is 11.8 Å². The van der Waals surface area contributed by atoms with E-state index in [0.29, 0.717) is 15.6 Å². The molecule has 2 atom stereocenters. The van der Waals surface area contributed by atoms with Crippen molar-refractivity contribution in [3.8, 4) is 0 Å². The van der Waals surface area contributed by atoms with Gasteiger partial charge in [0.2, 0.25) is 12.3 Å². The van der Waals surface area contributed by atoms with Crippen molar-refractivity contribution in [1.29, 1.82) is 0 Å². The summed E-state index contributed by atoms with van der Waals surface area (Å²) < 4.78 is 1.70. The molecule has 0 radical (unpaired) electrons. The van der Waals surface area contributed by atoms with E-state index < -0.39 is 12.1 Å². The van der Waals surface area contributed by atoms with E-state index in [9.17, 15) is 9.59 Å². The van der Waals surface area contributed by atoms with Gasteiger partial charge in [0.25, 0.3) is 5.91 Å². The molecule has 0 saturated carbocycles. The van der Waals surface area contributed by atoms with Gasteiger partial charge in [-0.3, -0.25) is 9.59 Å². The molecule has 7 heteroatoms. The van der Waals surface area contributed by atoms with Crippen LogP contribution in [-0.4, -0.2) is 28.8 Å². The number of aryl methyl sites for hydroxylation is 1. The Labute approximate surface area is 190 Å². The molecule has 2 amide bonds. The van der Waals surface area contributed by atoms with Gasteiger partial charge in [-0.1, -0.05) is 65.2 Å². The average molecular weight is 453 g/mol. The van der Waals surface area contributed by atoms with Crippen molar-refractivity contribution in [2.45, 2.75) is 19.0 Å². The second kappa shape index (κ2) is 8.92. The van der Waals surface area contributed by atoms with E-state index >= 15 is 0 Å². The number of benzene rings is 3. The van der Waals surface area contributed by atoms with E-state index in [4.69, 9.17) is 23.2 Å². The van der Waals surface area contributed by atoms with E-state index in [1.807, 2.05) is 49.4 Å². The van der Waals surface area contributed by atoms with Crippen LogP contribution in [-0.2, 0) is 4.79 Å². The Morgan fingerprint density at radius 3 is 2.35 bits per heavy atom. The molecule has 0 aromatic heterocycles. The first-order valence-electron chi connectivity index (χ1n) is 9.73. The summed E-state index contributed by atoms with van der Waals surface area (Å²) in [6.07, 6.45) is 1.78. The topological polar surface area (TPSA) is 61.2 Å². The van der Waals surface area contributed by atoms with Gasteiger partial charge in [0.15, 0.2) is 6.04 Å². The molecule has 31 heavy (non-hydrogen) atoms. The molecule has 2 N–H and O–H groups in total. The fourth-order valence-electron chi connectivity index (χ4n) is 3.50. The highest BCUT2D eigenvalue weighted by atomic mass is 35.5.